The molecule has 4 rings (SSSR count). The Morgan fingerprint density at radius 1 is 0.967 bits per heavy atom. The van der Waals surface area contributed by atoms with Gasteiger partial charge in [-0.1, -0.05) is 74.0 Å². The van der Waals surface area contributed by atoms with Crippen LogP contribution in [0.2, 0.25) is 0 Å². The first-order chi connectivity index (χ1) is 14.5. The highest BCUT2D eigenvalue weighted by Crippen LogP contribution is 2.50. The van der Waals surface area contributed by atoms with E-state index in [0.29, 0.717) is 18.6 Å². The van der Waals surface area contributed by atoms with Crippen LogP contribution in [0.1, 0.15) is 50.2 Å². The zero-order valence-electron chi connectivity index (χ0n) is 18.8. The van der Waals surface area contributed by atoms with Gasteiger partial charge in [-0.3, -0.25) is 0 Å². The summed E-state index contributed by atoms with van der Waals surface area (Å²) in [6, 6.07) is 20.7. The predicted octanol–water partition coefficient (Wildman–Crippen LogP) is 4.98. The lowest BCUT2D eigenvalue weighted by atomic mass is 9.87. The molecule has 0 saturated heterocycles. The minimum absolute atomic E-state index is 0.256. The summed E-state index contributed by atoms with van der Waals surface area (Å²) in [6.45, 7) is 3.84. The lowest BCUT2D eigenvalue weighted by molar-refractivity contribution is -0.919. The van der Waals surface area contributed by atoms with Crippen molar-refractivity contribution in [2.24, 2.45) is 11.8 Å². The lowest BCUT2D eigenvalue weighted by Crippen LogP contribution is -2.52. The van der Waals surface area contributed by atoms with Crippen molar-refractivity contribution >= 4 is 0 Å². The molecule has 0 amide bonds. The van der Waals surface area contributed by atoms with E-state index in [0.717, 1.165) is 27.9 Å². The van der Waals surface area contributed by atoms with E-state index in [4.69, 9.17) is 4.74 Å². The predicted molar refractivity (Wildman–Crippen MR) is 122 cm³/mol. The number of benzene rings is 2. The smallest absolute Gasteiger partial charge is 0.138 e. The second-order valence-corrected chi connectivity index (χ2v) is 10.0. The van der Waals surface area contributed by atoms with Crippen LogP contribution >= 0.6 is 0 Å². The van der Waals surface area contributed by atoms with Crippen molar-refractivity contribution in [1.29, 1.82) is 0 Å². The van der Waals surface area contributed by atoms with Gasteiger partial charge in [0.1, 0.15) is 5.60 Å². The van der Waals surface area contributed by atoms with Crippen LogP contribution in [-0.2, 0) is 10.3 Å². The summed E-state index contributed by atoms with van der Waals surface area (Å²) in [5.74, 6) is 1.37. The van der Waals surface area contributed by atoms with Gasteiger partial charge in [0.25, 0.3) is 0 Å². The maximum Gasteiger partial charge on any atom is 0.138 e. The molecule has 2 aliphatic carbocycles. The van der Waals surface area contributed by atoms with Crippen LogP contribution in [0.25, 0.3) is 0 Å². The Balaban J connectivity index is 1.51. The second kappa shape index (κ2) is 8.82. The van der Waals surface area contributed by atoms with Gasteiger partial charge in [0.05, 0.1) is 39.4 Å². The molecule has 4 unspecified atom stereocenters. The summed E-state index contributed by atoms with van der Waals surface area (Å²) in [5.41, 5.74) is 0.678. The number of aliphatic hydroxyl groups is 1. The van der Waals surface area contributed by atoms with Crippen LogP contribution in [0.15, 0.2) is 60.7 Å². The number of rotatable bonds is 9. The molecule has 0 aromatic heterocycles. The molecule has 3 nitrogen and oxygen atoms in total. The molecule has 30 heavy (non-hydrogen) atoms. The average molecular weight is 409 g/mol. The molecule has 2 aliphatic rings. The fourth-order valence-electron chi connectivity index (χ4n) is 6.22. The molecule has 0 heterocycles. The first kappa shape index (κ1) is 21.5. The molecule has 2 saturated carbocycles. The van der Waals surface area contributed by atoms with Crippen molar-refractivity contribution in [3.63, 3.8) is 0 Å². The Labute approximate surface area is 182 Å². The van der Waals surface area contributed by atoms with Gasteiger partial charge in [-0.15, -0.1) is 0 Å². The zero-order chi connectivity index (χ0) is 21.2. The molecule has 3 heteroatoms. The number of hydrogen-bond acceptors (Lipinski definition) is 2. The standard InChI is InChI=1S/C27H38NO2/c1-4-5-18-28(2,3)26-21-16-17-24(26)25(19-21)30-20-27(29,22-12-8-6-9-13-22)23-14-10-7-11-15-23/h6-15,21,24-26,29H,4-5,16-20H2,1-3H3/q+1. The first-order valence-electron chi connectivity index (χ1n) is 11.7. The quantitative estimate of drug-likeness (QED) is 0.593. The Kier molecular flexibility index (Phi) is 6.34. The highest BCUT2D eigenvalue weighted by molar-refractivity contribution is 5.36. The molecular weight excluding hydrogens is 370 g/mol. The maximum absolute atomic E-state index is 11.8. The monoisotopic (exact) mass is 408 g/mol. The van der Waals surface area contributed by atoms with Crippen molar-refractivity contribution < 1.29 is 14.3 Å². The molecular formula is C27H38NO2+. The Morgan fingerprint density at radius 3 is 2.13 bits per heavy atom. The summed E-state index contributed by atoms with van der Waals surface area (Å²) in [5, 5.41) is 11.8. The van der Waals surface area contributed by atoms with Crippen LogP contribution in [-0.4, -0.2) is 49.0 Å². The summed E-state index contributed by atoms with van der Waals surface area (Å²) in [6.07, 6.45) is 6.55. The molecule has 2 aromatic carbocycles. The normalized spacial score (nSPS) is 26.3. The highest BCUT2D eigenvalue weighted by Gasteiger charge is 2.56. The third-order valence-corrected chi connectivity index (χ3v) is 7.71. The third kappa shape index (κ3) is 4.08. The van der Waals surface area contributed by atoms with Gasteiger partial charge in [-0.25, -0.2) is 0 Å². The number of fused-ring (bicyclic) bond motifs is 2. The SMILES string of the molecule is CCCC[N+](C)(C)C1C2CCC1C(OCC(O)(c1ccccc1)c1ccccc1)C2. The van der Waals surface area contributed by atoms with Crippen molar-refractivity contribution in [3.05, 3.63) is 71.8 Å². The minimum Gasteiger partial charge on any atom is -0.378 e. The van der Waals surface area contributed by atoms with E-state index in [9.17, 15) is 5.11 Å². The van der Waals surface area contributed by atoms with Crippen molar-refractivity contribution in [2.45, 2.75) is 56.8 Å². The summed E-state index contributed by atoms with van der Waals surface area (Å²) in [4.78, 5) is 0. The van der Waals surface area contributed by atoms with E-state index in [1.54, 1.807) is 0 Å². The molecule has 2 bridgehead atoms. The van der Waals surface area contributed by atoms with Gasteiger partial charge in [0.15, 0.2) is 0 Å². The third-order valence-electron chi connectivity index (χ3n) is 7.71. The van der Waals surface area contributed by atoms with Crippen LogP contribution in [0.3, 0.4) is 0 Å². The highest BCUT2D eigenvalue weighted by atomic mass is 16.5. The molecule has 0 aliphatic heterocycles. The summed E-state index contributed by atoms with van der Waals surface area (Å²) >= 11 is 0. The zero-order valence-corrected chi connectivity index (χ0v) is 18.8. The number of ether oxygens (including phenoxy) is 1. The van der Waals surface area contributed by atoms with Crippen molar-refractivity contribution in [3.8, 4) is 0 Å². The second-order valence-electron chi connectivity index (χ2n) is 10.0. The molecule has 2 fully saturated rings. The van der Waals surface area contributed by atoms with E-state index < -0.39 is 5.60 Å². The van der Waals surface area contributed by atoms with Gasteiger partial charge >= 0.3 is 0 Å². The van der Waals surface area contributed by atoms with Gasteiger partial charge < -0.3 is 14.3 Å². The van der Waals surface area contributed by atoms with Crippen LogP contribution in [0.4, 0.5) is 0 Å². The van der Waals surface area contributed by atoms with Gasteiger partial charge in [0, 0.05) is 11.8 Å². The fraction of sp³-hybridized carbons (Fsp3) is 0.556. The number of quaternary nitrogens is 1. The first-order valence-corrected chi connectivity index (χ1v) is 11.7. The van der Waals surface area contributed by atoms with E-state index in [1.165, 1.54) is 32.2 Å². The minimum atomic E-state index is -1.12. The fourth-order valence-corrected chi connectivity index (χ4v) is 6.22. The van der Waals surface area contributed by atoms with E-state index >= 15 is 0 Å². The van der Waals surface area contributed by atoms with Gasteiger partial charge in [-0.05, 0) is 36.8 Å². The lowest BCUT2D eigenvalue weighted by Gasteiger charge is -2.39. The van der Waals surface area contributed by atoms with Gasteiger partial charge in [0.2, 0.25) is 0 Å². The largest absolute Gasteiger partial charge is 0.378 e. The molecule has 1 N–H and O–H groups in total. The Hall–Kier alpha value is -1.68. The average Bonchev–Trinajstić information content (AvgIpc) is 3.36. The number of unbranched alkanes of at least 4 members (excludes halogenated alkanes) is 1. The van der Waals surface area contributed by atoms with Crippen LogP contribution < -0.4 is 0 Å². The Morgan fingerprint density at radius 2 is 1.57 bits per heavy atom. The van der Waals surface area contributed by atoms with Crippen molar-refractivity contribution in [2.75, 3.05) is 27.2 Å². The van der Waals surface area contributed by atoms with E-state index in [-0.39, 0.29) is 6.10 Å². The summed E-state index contributed by atoms with van der Waals surface area (Å²) < 4.78 is 7.70. The topological polar surface area (TPSA) is 29.5 Å². The summed E-state index contributed by atoms with van der Waals surface area (Å²) in [7, 11) is 4.83. The molecule has 2 aromatic rings. The maximum atomic E-state index is 11.8. The van der Waals surface area contributed by atoms with Crippen LogP contribution in [0.5, 0.6) is 0 Å². The van der Waals surface area contributed by atoms with Gasteiger partial charge in [-0.2, -0.15) is 0 Å². The van der Waals surface area contributed by atoms with Crippen LogP contribution in [0, 0.1) is 11.8 Å². The number of nitrogens with zero attached hydrogens (tertiary/aromatic N) is 1. The molecule has 0 radical (unpaired) electrons. The Bertz CT molecular complexity index is 765. The van der Waals surface area contributed by atoms with E-state index in [1.807, 2.05) is 60.7 Å². The van der Waals surface area contributed by atoms with Crippen molar-refractivity contribution in [1.82, 2.24) is 0 Å². The molecule has 4 atom stereocenters. The van der Waals surface area contributed by atoms with E-state index in [2.05, 4.69) is 21.0 Å². The molecule has 0 spiro atoms. The molecule has 162 valence electrons. The number of hydrogen-bond donors (Lipinski definition) is 1.